The second-order valence-corrected chi connectivity index (χ2v) is 4.06. The lowest BCUT2D eigenvalue weighted by Crippen LogP contribution is -1.78. The van der Waals surface area contributed by atoms with E-state index in [0.717, 1.165) is 12.3 Å². The average molecular weight is 196 g/mol. The minimum Gasteiger partial charge on any atom is -0.103 e. The molecular formula is C14H28. The maximum atomic E-state index is 3.66. The third-order valence-corrected chi connectivity index (χ3v) is 1.90. The lowest BCUT2D eigenvalue weighted by Gasteiger charge is -1.92. The number of allylic oxidation sites excluding steroid dienone is 2. The van der Waals surface area contributed by atoms with Crippen LogP contribution in [0.3, 0.4) is 0 Å². The molecule has 0 aromatic heterocycles. The van der Waals surface area contributed by atoms with Crippen molar-refractivity contribution in [2.75, 3.05) is 0 Å². The largest absolute Gasteiger partial charge is 0.103 e. The Bertz CT molecular complexity index is 111. The van der Waals surface area contributed by atoms with E-state index in [9.17, 15) is 0 Å². The Morgan fingerprint density at radius 2 is 1.64 bits per heavy atom. The molecule has 0 aliphatic carbocycles. The van der Waals surface area contributed by atoms with Crippen molar-refractivity contribution in [3.8, 4) is 0 Å². The Hall–Kier alpha value is -0.520. The van der Waals surface area contributed by atoms with Gasteiger partial charge in [-0.3, -0.25) is 0 Å². The topological polar surface area (TPSA) is 0 Å². The summed E-state index contributed by atoms with van der Waals surface area (Å²) >= 11 is 0. The van der Waals surface area contributed by atoms with Crippen molar-refractivity contribution in [2.45, 2.75) is 59.3 Å². The Morgan fingerprint density at radius 1 is 1.00 bits per heavy atom. The molecule has 0 amide bonds. The summed E-state index contributed by atoms with van der Waals surface area (Å²) in [6.45, 7) is 13.9. The molecule has 0 aliphatic rings. The van der Waals surface area contributed by atoms with E-state index >= 15 is 0 Å². The first-order chi connectivity index (χ1) is 6.68. The van der Waals surface area contributed by atoms with Gasteiger partial charge in [-0.1, -0.05) is 52.2 Å². The normalized spacial score (nSPS) is 9.14. The number of unbranched alkanes of at least 4 members (excludes halogenated alkanes) is 4. The molecule has 0 N–H and O–H groups in total. The van der Waals surface area contributed by atoms with E-state index in [-0.39, 0.29) is 0 Å². The fraction of sp³-hybridized carbons (Fsp3) is 0.714. The molecule has 0 nitrogen and oxygen atoms in total. The van der Waals surface area contributed by atoms with Gasteiger partial charge in [0.15, 0.2) is 0 Å². The zero-order valence-corrected chi connectivity index (χ0v) is 10.4. The third-order valence-electron chi connectivity index (χ3n) is 1.90. The van der Waals surface area contributed by atoms with Gasteiger partial charge in [-0.2, -0.15) is 0 Å². The van der Waals surface area contributed by atoms with Gasteiger partial charge in [-0.15, -0.1) is 13.2 Å². The quantitative estimate of drug-likeness (QED) is 0.380. The van der Waals surface area contributed by atoms with Gasteiger partial charge in [0, 0.05) is 0 Å². The van der Waals surface area contributed by atoms with Crippen LogP contribution in [0.1, 0.15) is 59.3 Å². The number of hydrogen-bond donors (Lipinski definition) is 0. The highest BCUT2D eigenvalue weighted by atomic mass is 13.9. The summed E-state index contributed by atoms with van der Waals surface area (Å²) in [6.07, 6.45) is 11.7. The minimum atomic E-state index is 0.780. The highest BCUT2D eigenvalue weighted by Gasteiger charge is 1.82. The number of rotatable bonds is 7. The van der Waals surface area contributed by atoms with E-state index in [1.807, 2.05) is 12.2 Å². The van der Waals surface area contributed by atoms with Gasteiger partial charge >= 0.3 is 0 Å². The Morgan fingerprint density at radius 3 is 1.93 bits per heavy atom. The molecule has 0 bridgehead atoms. The lowest BCUT2D eigenvalue weighted by atomic mass is 10.1. The van der Waals surface area contributed by atoms with Gasteiger partial charge in [-0.05, 0) is 25.2 Å². The minimum absolute atomic E-state index is 0.780. The van der Waals surface area contributed by atoms with E-state index in [1.54, 1.807) is 0 Å². The predicted molar refractivity (Wildman–Crippen MR) is 68.6 cm³/mol. The number of hydrogen-bond acceptors (Lipinski definition) is 0. The second-order valence-electron chi connectivity index (χ2n) is 4.06. The lowest BCUT2D eigenvalue weighted by molar-refractivity contribution is 0.664. The molecule has 0 aromatic carbocycles. The van der Waals surface area contributed by atoms with Gasteiger partial charge in [0.2, 0.25) is 0 Å². The van der Waals surface area contributed by atoms with Gasteiger partial charge in [-0.25, -0.2) is 0 Å². The van der Waals surface area contributed by atoms with Gasteiger partial charge in [0.25, 0.3) is 0 Å². The Labute approximate surface area is 91.1 Å². The van der Waals surface area contributed by atoms with Crippen LogP contribution in [0, 0.1) is 5.92 Å². The van der Waals surface area contributed by atoms with Crippen molar-refractivity contribution >= 4 is 0 Å². The molecule has 0 saturated heterocycles. The fourth-order valence-corrected chi connectivity index (χ4v) is 1.05. The summed E-state index contributed by atoms with van der Waals surface area (Å²) in [5.74, 6) is 0.780. The van der Waals surface area contributed by atoms with E-state index in [0.29, 0.717) is 0 Å². The van der Waals surface area contributed by atoms with Crippen molar-refractivity contribution in [3.63, 3.8) is 0 Å². The van der Waals surface area contributed by atoms with Crippen LogP contribution < -0.4 is 0 Å². The molecule has 0 saturated carbocycles. The summed E-state index contributed by atoms with van der Waals surface area (Å²) in [4.78, 5) is 0. The summed E-state index contributed by atoms with van der Waals surface area (Å²) in [5, 5.41) is 0. The zero-order chi connectivity index (χ0) is 11.2. The summed E-state index contributed by atoms with van der Waals surface area (Å²) in [6, 6.07) is 0. The van der Waals surface area contributed by atoms with E-state index in [2.05, 4.69) is 33.9 Å². The van der Waals surface area contributed by atoms with Crippen LogP contribution in [0.4, 0.5) is 0 Å². The highest BCUT2D eigenvalue weighted by Crippen LogP contribution is 2.01. The first kappa shape index (κ1) is 15.9. The van der Waals surface area contributed by atoms with Crippen LogP contribution in [0.2, 0.25) is 0 Å². The maximum absolute atomic E-state index is 3.66. The van der Waals surface area contributed by atoms with Crippen LogP contribution in [0.15, 0.2) is 25.3 Å². The summed E-state index contributed by atoms with van der Waals surface area (Å²) in [7, 11) is 0. The molecule has 0 spiro atoms. The van der Waals surface area contributed by atoms with E-state index in [4.69, 9.17) is 0 Å². The van der Waals surface area contributed by atoms with Crippen LogP contribution in [0.25, 0.3) is 0 Å². The fourth-order valence-electron chi connectivity index (χ4n) is 1.05. The molecule has 14 heavy (non-hydrogen) atoms. The smallest absolute Gasteiger partial charge is 0.0330 e. The maximum Gasteiger partial charge on any atom is -0.0330 e. The van der Waals surface area contributed by atoms with Gasteiger partial charge < -0.3 is 0 Å². The van der Waals surface area contributed by atoms with Gasteiger partial charge in [0.05, 0.1) is 0 Å². The molecule has 0 rings (SSSR count). The summed E-state index contributed by atoms with van der Waals surface area (Å²) in [5.41, 5.74) is 0. The third kappa shape index (κ3) is 22.5. The zero-order valence-electron chi connectivity index (χ0n) is 10.4. The molecule has 0 atom stereocenters. The Kier molecular flexibility index (Phi) is 17.0. The molecule has 0 aromatic rings. The van der Waals surface area contributed by atoms with Crippen LogP contribution in [-0.2, 0) is 0 Å². The first-order valence-electron chi connectivity index (χ1n) is 5.90. The molecular weight excluding hydrogens is 168 g/mol. The van der Waals surface area contributed by atoms with Crippen molar-refractivity contribution < 1.29 is 0 Å². The predicted octanol–water partition coefficient (Wildman–Crippen LogP) is 5.36. The summed E-state index contributed by atoms with van der Waals surface area (Å²) < 4.78 is 0. The standard InChI is InChI=1S/C8H16.C6H12/c1-3-5-7-8-6-4-2;1-4-5-6(2)3/h3H,1,4-8H2,2H3;4,6H,1,5H2,2-3H3. The Balaban J connectivity index is 0. The first-order valence-corrected chi connectivity index (χ1v) is 5.90. The van der Waals surface area contributed by atoms with Crippen LogP contribution in [-0.4, -0.2) is 0 Å². The van der Waals surface area contributed by atoms with Crippen molar-refractivity contribution in [3.05, 3.63) is 25.3 Å². The monoisotopic (exact) mass is 196 g/mol. The van der Waals surface area contributed by atoms with Crippen molar-refractivity contribution in [2.24, 2.45) is 5.92 Å². The van der Waals surface area contributed by atoms with Gasteiger partial charge in [0.1, 0.15) is 0 Å². The molecule has 0 heteroatoms. The second kappa shape index (κ2) is 15.0. The van der Waals surface area contributed by atoms with E-state index < -0.39 is 0 Å². The molecule has 0 unspecified atom stereocenters. The van der Waals surface area contributed by atoms with Crippen molar-refractivity contribution in [1.29, 1.82) is 0 Å². The highest BCUT2D eigenvalue weighted by molar-refractivity contribution is 4.67. The van der Waals surface area contributed by atoms with E-state index in [1.165, 1.54) is 32.1 Å². The SMILES string of the molecule is C=CCC(C)C.C=CCCCCCC. The molecule has 0 fully saturated rings. The van der Waals surface area contributed by atoms with Crippen LogP contribution >= 0.6 is 0 Å². The average Bonchev–Trinajstić information content (AvgIpc) is 2.13. The molecule has 0 heterocycles. The van der Waals surface area contributed by atoms with Crippen molar-refractivity contribution in [1.82, 2.24) is 0 Å². The molecule has 0 radical (unpaired) electrons. The molecule has 0 aliphatic heterocycles. The molecule has 84 valence electrons. The van der Waals surface area contributed by atoms with Crippen LogP contribution in [0.5, 0.6) is 0 Å².